The van der Waals surface area contributed by atoms with Gasteiger partial charge in [-0.15, -0.1) is 0 Å². The molecule has 0 spiro atoms. The Morgan fingerprint density at radius 3 is 2.89 bits per heavy atom. The Balaban J connectivity index is 1.99. The summed E-state index contributed by atoms with van der Waals surface area (Å²) in [6.45, 7) is 1.77. The lowest BCUT2D eigenvalue weighted by molar-refractivity contribution is -0.142. The summed E-state index contributed by atoms with van der Waals surface area (Å²) in [6, 6.07) is 9.96. The fourth-order valence-corrected chi connectivity index (χ4v) is 2.76. The molecule has 18 heavy (non-hydrogen) atoms. The Morgan fingerprint density at radius 1 is 1.50 bits per heavy atom. The lowest BCUT2D eigenvalue weighted by Gasteiger charge is -2.11. The second kappa shape index (κ2) is 5.91. The maximum absolute atomic E-state index is 11.3. The molecule has 1 aliphatic heterocycles. The van der Waals surface area contributed by atoms with Gasteiger partial charge in [0, 0.05) is 5.75 Å². The van der Waals surface area contributed by atoms with Crippen LogP contribution in [0.2, 0.25) is 0 Å². The maximum Gasteiger partial charge on any atom is 0.328 e. The van der Waals surface area contributed by atoms with Crippen molar-refractivity contribution in [2.45, 2.75) is 19.0 Å². The number of benzene rings is 1. The van der Waals surface area contributed by atoms with Crippen LogP contribution in [-0.2, 0) is 9.53 Å². The van der Waals surface area contributed by atoms with Gasteiger partial charge in [-0.2, -0.15) is 0 Å². The summed E-state index contributed by atoms with van der Waals surface area (Å²) in [4.78, 5) is 15.9. The number of carbonyl (C=O) groups is 1. The van der Waals surface area contributed by atoms with Gasteiger partial charge in [0.25, 0.3) is 0 Å². The van der Waals surface area contributed by atoms with Gasteiger partial charge < -0.3 is 10.1 Å². The highest BCUT2D eigenvalue weighted by molar-refractivity contribution is 8.14. The van der Waals surface area contributed by atoms with E-state index in [-0.39, 0.29) is 18.1 Å². The molecule has 0 amide bonds. The molecule has 1 aliphatic rings. The highest BCUT2D eigenvalue weighted by Gasteiger charge is 2.22. The number of thioether (sulfide) groups is 1. The average molecular weight is 264 g/mol. The van der Waals surface area contributed by atoms with E-state index in [1.807, 2.05) is 18.2 Å². The van der Waals surface area contributed by atoms with Crippen LogP contribution in [0.1, 0.15) is 18.5 Å². The van der Waals surface area contributed by atoms with Gasteiger partial charge in [0.15, 0.2) is 5.17 Å². The Hall–Kier alpha value is -1.49. The molecule has 0 bridgehead atoms. The standard InChI is InChI=1S/C13H16N2O2S/c1-9(12(16)17-2)14-13-15-11(8-18-13)10-6-4-3-5-7-10/h3-7,9,11H,8H2,1-2H3,(H,14,15). The van der Waals surface area contributed by atoms with Crippen molar-refractivity contribution in [2.24, 2.45) is 4.99 Å². The number of esters is 1. The molecule has 0 saturated carbocycles. The molecule has 4 nitrogen and oxygen atoms in total. The van der Waals surface area contributed by atoms with Gasteiger partial charge in [0.1, 0.15) is 6.04 Å². The van der Waals surface area contributed by atoms with Crippen LogP contribution in [0.4, 0.5) is 0 Å². The first-order chi connectivity index (χ1) is 8.70. The summed E-state index contributed by atoms with van der Waals surface area (Å²) >= 11 is 1.63. The zero-order chi connectivity index (χ0) is 13.0. The van der Waals surface area contributed by atoms with Gasteiger partial charge in [-0.25, -0.2) is 4.79 Å². The lowest BCUT2D eigenvalue weighted by atomic mass is 10.1. The fourth-order valence-electron chi connectivity index (χ4n) is 1.72. The Bertz CT molecular complexity index is 448. The predicted octanol–water partition coefficient (Wildman–Crippen LogP) is 1.98. The average Bonchev–Trinajstić information content (AvgIpc) is 2.87. The zero-order valence-corrected chi connectivity index (χ0v) is 11.2. The number of rotatable bonds is 3. The van der Waals surface area contributed by atoms with Crippen molar-refractivity contribution in [2.75, 3.05) is 12.9 Å². The van der Waals surface area contributed by atoms with Gasteiger partial charge in [0.05, 0.1) is 13.2 Å². The third-order valence-electron chi connectivity index (χ3n) is 2.73. The van der Waals surface area contributed by atoms with E-state index in [1.165, 1.54) is 12.7 Å². The molecular formula is C13H16N2O2S. The van der Waals surface area contributed by atoms with Crippen LogP contribution in [0, 0.1) is 0 Å². The molecule has 5 heteroatoms. The quantitative estimate of drug-likeness (QED) is 0.848. The highest BCUT2D eigenvalue weighted by atomic mass is 32.2. The molecule has 1 aromatic rings. The largest absolute Gasteiger partial charge is 0.467 e. The summed E-state index contributed by atoms with van der Waals surface area (Å²) < 4.78 is 4.67. The van der Waals surface area contributed by atoms with E-state index in [0.29, 0.717) is 0 Å². The van der Waals surface area contributed by atoms with Crippen LogP contribution >= 0.6 is 11.8 Å². The summed E-state index contributed by atoms with van der Waals surface area (Å²) in [5, 5.41) is 3.87. The highest BCUT2D eigenvalue weighted by Crippen LogP contribution is 2.29. The van der Waals surface area contributed by atoms with Gasteiger partial charge in [-0.05, 0) is 12.5 Å². The van der Waals surface area contributed by atoms with Crippen molar-refractivity contribution in [3.05, 3.63) is 35.9 Å². The molecule has 2 unspecified atom stereocenters. The first kappa shape index (κ1) is 13.0. The van der Waals surface area contributed by atoms with E-state index in [2.05, 4.69) is 27.2 Å². The summed E-state index contributed by atoms with van der Waals surface area (Å²) in [6.07, 6.45) is 0. The number of carbonyl (C=O) groups excluding carboxylic acids is 1. The van der Waals surface area contributed by atoms with Gasteiger partial charge in [0.2, 0.25) is 0 Å². The van der Waals surface area contributed by atoms with Crippen molar-refractivity contribution in [3.8, 4) is 0 Å². The number of amidine groups is 1. The predicted molar refractivity (Wildman–Crippen MR) is 73.7 cm³/mol. The molecule has 0 fully saturated rings. The van der Waals surface area contributed by atoms with Crippen LogP contribution in [0.25, 0.3) is 0 Å². The molecule has 0 saturated heterocycles. The number of nitrogens with zero attached hydrogens (tertiary/aromatic N) is 1. The van der Waals surface area contributed by atoms with Crippen LogP contribution in [0.15, 0.2) is 35.3 Å². The van der Waals surface area contributed by atoms with E-state index >= 15 is 0 Å². The Labute approximate surface area is 111 Å². The summed E-state index contributed by atoms with van der Waals surface area (Å²) in [5.74, 6) is 0.627. The molecule has 0 aliphatic carbocycles. The molecule has 1 N–H and O–H groups in total. The Kier molecular flexibility index (Phi) is 4.25. The molecule has 0 aromatic heterocycles. The minimum absolute atomic E-state index is 0.170. The normalized spacial score (nSPS) is 20.1. The number of nitrogens with one attached hydrogen (secondary N) is 1. The van der Waals surface area contributed by atoms with Crippen LogP contribution in [-0.4, -0.2) is 30.0 Å². The van der Waals surface area contributed by atoms with Crippen molar-refractivity contribution in [1.82, 2.24) is 5.32 Å². The topological polar surface area (TPSA) is 50.7 Å². The van der Waals surface area contributed by atoms with Crippen molar-refractivity contribution < 1.29 is 9.53 Å². The Morgan fingerprint density at radius 2 is 2.22 bits per heavy atom. The first-order valence-corrected chi connectivity index (χ1v) is 6.79. The third kappa shape index (κ3) is 3.04. The van der Waals surface area contributed by atoms with Gasteiger partial charge >= 0.3 is 5.97 Å². The number of hydrogen-bond donors (Lipinski definition) is 1. The minimum atomic E-state index is -0.365. The van der Waals surface area contributed by atoms with E-state index in [1.54, 1.807) is 18.7 Å². The smallest absolute Gasteiger partial charge is 0.328 e. The van der Waals surface area contributed by atoms with Crippen molar-refractivity contribution >= 4 is 22.9 Å². The maximum atomic E-state index is 11.3. The SMILES string of the molecule is COC(=O)C(C)NC1=NC(c2ccccc2)CS1. The van der Waals surface area contributed by atoms with Crippen LogP contribution in [0.5, 0.6) is 0 Å². The molecule has 0 radical (unpaired) electrons. The number of aliphatic imine (C=N–C) groups is 1. The van der Waals surface area contributed by atoms with E-state index < -0.39 is 0 Å². The molecular weight excluding hydrogens is 248 g/mol. The number of methoxy groups -OCH3 is 1. The number of ether oxygens (including phenoxy) is 1. The van der Waals surface area contributed by atoms with E-state index in [9.17, 15) is 4.79 Å². The van der Waals surface area contributed by atoms with Crippen molar-refractivity contribution in [1.29, 1.82) is 0 Å². The van der Waals surface area contributed by atoms with Crippen LogP contribution in [0.3, 0.4) is 0 Å². The van der Waals surface area contributed by atoms with Crippen LogP contribution < -0.4 is 5.32 Å². The summed E-state index contributed by atoms with van der Waals surface area (Å²) in [7, 11) is 1.39. The van der Waals surface area contributed by atoms with Gasteiger partial charge in [-0.3, -0.25) is 4.99 Å². The molecule has 2 atom stereocenters. The monoisotopic (exact) mass is 264 g/mol. The first-order valence-electron chi connectivity index (χ1n) is 5.80. The number of hydrogen-bond acceptors (Lipinski definition) is 5. The summed E-state index contributed by atoms with van der Waals surface area (Å²) in [5.41, 5.74) is 1.20. The second-order valence-corrected chi connectivity index (χ2v) is 5.07. The second-order valence-electron chi connectivity index (χ2n) is 4.06. The molecule has 2 rings (SSSR count). The lowest BCUT2D eigenvalue weighted by Crippen LogP contribution is -2.37. The van der Waals surface area contributed by atoms with E-state index in [4.69, 9.17) is 0 Å². The van der Waals surface area contributed by atoms with Crippen molar-refractivity contribution in [3.63, 3.8) is 0 Å². The molecule has 96 valence electrons. The molecule has 1 heterocycles. The van der Waals surface area contributed by atoms with Gasteiger partial charge in [-0.1, -0.05) is 42.1 Å². The molecule has 1 aromatic carbocycles. The van der Waals surface area contributed by atoms with E-state index in [0.717, 1.165) is 10.9 Å². The fraction of sp³-hybridized carbons (Fsp3) is 0.385. The third-order valence-corrected chi connectivity index (χ3v) is 3.71. The minimum Gasteiger partial charge on any atom is -0.467 e. The zero-order valence-electron chi connectivity index (χ0n) is 10.4.